The van der Waals surface area contributed by atoms with E-state index < -0.39 is 9.73 Å². The molecule has 1 heterocycles. The first kappa shape index (κ1) is 21.1. The van der Waals surface area contributed by atoms with Crippen LogP contribution in [0.2, 0.25) is 0 Å². The van der Waals surface area contributed by atoms with Gasteiger partial charge in [0.15, 0.2) is 0 Å². The van der Waals surface area contributed by atoms with Crippen molar-refractivity contribution in [2.24, 2.45) is 10.3 Å². The van der Waals surface area contributed by atoms with Crippen molar-refractivity contribution in [2.75, 3.05) is 29.8 Å². The Morgan fingerprint density at radius 1 is 1.22 bits per heavy atom. The summed E-state index contributed by atoms with van der Waals surface area (Å²) >= 11 is 0. The number of hydrogen-bond donors (Lipinski definition) is 3. The maximum atomic E-state index is 11.8. The maximum absolute atomic E-state index is 11.8. The van der Waals surface area contributed by atoms with E-state index in [1.165, 1.54) is 0 Å². The van der Waals surface area contributed by atoms with Gasteiger partial charge in [0.25, 0.3) is 0 Å². The molecule has 0 aliphatic carbocycles. The van der Waals surface area contributed by atoms with E-state index in [2.05, 4.69) is 38.8 Å². The molecule has 27 heavy (non-hydrogen) atoms. The Hall–Kier alpha value is -2.19. The number of aryl methyl sites for hydroxylation is 1. The summed E-state index contributed by atoms with van der Waals surface area (Å²) in [4.78, 5) is 8.95. The summed E-state index contributed by atoms with van der Waals surface area (Å²) in [6.45, 7) is 6.19. The summed E-state index contributed by atoms with van der Waals surface area (Å²) < 4.78 is 15.9. The molecule has 7 nitrogen and oxygen atoms in total. The molecular formula is C19H29N5O2S. The third-order valence-electron chi connectivity index (χ3n) is 4.02. The van der Waals surface area contributed by atoms with Crippen molar-refractivity contribution in [1.82, 2.24) is 9.97 Å². The Kier molecular flexibility index (Phi) is 7.15. The summed E-state index contributed by atoms with van der Waals surface area (Å²) in [5, 5.41) is 16.1. The van der Waals surface area contributed by atoms with Crippen LogP contribution in [0.15, 0.2) is 34.8 Å². The second-order valence-electron chi connectivity index (χ2n) is 7.04. The minimum atomic E-state index is -2.18. The Labute approximate surface area is 161 Å². The zero-order valence-electron chi connectivity index (χ0n) is 16.6. The van der Waals surface area contributed by atoms with Crippen molar-refractivity contribution >= 4 is 32.9 Å². The molecule has 0 bridgehead atoms. The number of rotatable bonds is 8. The average Bonchev–Trinajstić information content (AvgIpc) is 2.60. The molecule has 0 aliphatic heterocycles. The number of anilines is 3. The average molecular weight is 392 g/mol. The van der Waals surface area contributed by atoms with Crippen molar-refractivity contribution in [3.8, 4) is 0 Å². The molecule has 0 radical (unpaired) electrons. The summed E-state index contributed by atoms with van der Waals surface area (Å²) in [5.74, 6) is 1.47. The van der Waals surface area contributed by atoms with Crippen molar-refractivity contribution in [3.05, 3.63) is 36.0 Å². The predicted octanol–water partition coefficient (Wildman–Crippen LogP) is 3.57. The number of hydrogen-bond acceptors (Lipinski definition) is 7. The third-order valence-corrected chi connectivity index (χ3v) is 4.67. The van der Waals surface area contributed by atoms with E-state index in [0.29, 0.717) is 11.6 Å². The van der Waals surface area contributed by atoms with E-state index >= 15 is 0 Å². The summed E-state index contributed by atoms with van der Waals surface area (Å²) in [6, 6.07) is 7.22. The molecule has 1 aromatic carbocycles. The van der Waals surface area contributed by atoms with Crippen LogP contribution in [-0.4, -0.2) is 44.4 Å². The fourth-order valence-corrected chi connectivity index (χ4v) is 3.07. The van der Waals surface area contributed by atoms with E-state index in [1.54, 1.807) is 30.8 Å². The summed E-state index contributed by atoms with van der Waals surface area (Å²) in [7, 11) is -2.18. The lowest BCUT2D eigenvalue weighted by Gasteiger charge is -2.22. The van der Waals surface area contributed by atoms with Gasteiger partial charge in [0, 0.05) is 39.7 Å². The Bertz CT molecular complexity index is 866. The Morgan fingerprint density at radius 3 is 2.41 bits per heavy atom. The molecule has 2 aromatic rings. The Balaban J connectivity index is 2.21. The SMILES string of the molecule is CCc1cnc(Nc2ccc(N=S(C)(C)=O)cc2)nc1N[C@@H](CO)C(C)C. The molecule has 2 rings (SSSR count). The van der Waals surface area contributed by atoms with Gasteiger partial charge in [0.2, 0.25) is 5.95 Å². The van der Waals surface area contributed by atoms with Gasteiger partial charge in [-0.3, -0.25) is 0 Å². The molecule has 3 N–H and O–H groups in total. The molecule has 0 amide bonds. The van der Waals surface area contributed by atoms with Crippen molar-refractivity contribution in [3.63, 3.8) is 0 Å². The molecule has 0 aliphatic rings. The van der Waals surface area contributed by atoms with Crippen LogP contribution in [0, 0.1) is 5.92 Å². The standard InChI is InChI=1S/C19H29N5O2S/c1-6-14-11-20-19(23-18(14)22-17(12-25)13(2)3)21-15-7-9-16(10-8-15)24-27(4,5)26/h7-11,13,17,25H,6,12H2,1-5H3,(H2,20,21,22,23)/t17-/m0/s1. The van der Waals surface area contributed by atoms with E-state index in [9.17, 15) is 9.32 Å². The highest BCUT2D eigenvalue weighted by Gasteiger charge is 2.15. The monoisotopic (exact) mass is 391 g/mol. The molecule has 8 heteroatoms. The fraction of sp³-hybridized carbons (Fsp3) is 0.474. The highest BCUT2D eigenvalue weighted by atomic mass is 32.2. The molecule has 0 saturated heterocycles. The lowest BCUT2D eigenvalue weighted by Crippen LogP contribution is -2.30. The van der Waals surface area contributed by atoms with Gasteiger partial charge >= 0.3 is 0 Å². The lowest BCUT2D eigenvalue weighted by molar-refractivity contribution is 0.249. The van der Waals surface area contributed by atoms with Crippen molar-refractivity contribution in [1.29, 1.82) is 0 Å². The zero-order chi connectivity index (χ0) is 20.0. The van der Waals surface area contributed by atoms with E-state index in [4.69, 9.17) is 0 Å². The third kappa shape index (κ3) is 6.48. The fourth-order valence-electron chi connectivity index (χ4n) is 2.44. The molecule has 0 saturated carbocycles. The number of nitrogens with one attached hydrogen (secondary N) is 2. The van der Waals surface area contributed by atoms with Gasteiger partial charge in [-0.05, 0) is 36.6 Å². The lowest BCUT2D eigenvalue weighted by atomic mass is 10.1. The smallest absolute Gasteiger partial charge is 0.229 e. The largest absolute Gasteiger partial charge is 0.394 e. The van der Waals surface area contributed by atoms with Crippen LogP contribution >= 0.6 is 0 Å². The van der Waals surface area contributed by atoms with Crippen LogP contribution < -0.4 is 10.6 Å². The number of benzene rings is 1. The number of aliphatic hydroxyl groups is 1. The summed E-state index contributed by atoms with van der Waals surface area (Å²) in [6.07, 6.45) is 5.79. The first-order valence-corrected chi connectivity index (χ1v) is 11.3. The quantitative estimate of drug-likeness (QED) is 0.636. The topological polar surface area (TPSA) is 99.5 Å². The first-order valence-electron chi connectivity index (χ1n) is 8.99. The molecule has 1 atom stereocenters. The number of aromatic nitrogens is 2. The van der Waals surface area contributed by atoms with Crippen LogP contribution in [0.25, 0.3) is 0 Å². The second kappa shape index (κ2) is 9.14. The van der Waals surface area contributed by atoms with E-state index in [-0.39, 0.29) is 18.6 Å². The first-order chi connectivity index (χ1) is 12.7. The van der Waals surface area contributed by atoms with Gasteiger partial charge < -0.3 is 15.7 Å². The maximum Gasteiger partial charge on any atom is 0.229 e. The Morgan fingerprint density at radius 2 is 1.89 bits per heavy atom. The van der Waals surface area contributed by atoms with E-state index in [0.717, 1.165) is 23.5 Å². The highest BCUT2D eigenvalue weighted by Crippen LogP contribution is 2.22. The number of nitrogens with zero attached hydrogens (tertiary/aromatic N) is 3. The molecule has 0 unspecified atom stereocenters. The zero-order valence-corrected chi connectivity index (χ0v) is 17.4. The van der Waals surface area contributed by atoms with Crippen molar-refractivity contribution < 1.29 is 9.32 Å². The van der Waals surface area contributed by atoms with Crippen LogP contribution in [0.3, 0.4) is 0 Å². The predicted molar refractivity (Wildman–Crippen MR) is 113 cm³/mol. The van der Waals surface area contributed by atoms with E-state index in [1.807, 2.05) is 19.1 Å². The van der Waals surface area contributed by atoms with Crippen molar-refractivity contribution in [2.45, 2.75) is 33.2 Å². The molecule has 1 aromatic heterocycles. The van der Waals surface area contributed by atoms with Gasteiger partial charge in [-0.25, -0.2) is 9.19 Å². The number of aliphatic hydroxyl groups excluding tert-OH is 1. The van der Waals surface area contributed by atoms with Crippen LogP contribution in [0.5, 0.6) is 0 Å². The van der Waals surface area contributed by atoms with Crippen LogP contribution in [0.1, 0.15) is 26.3 Å². The second-order valence-corrected chi connectivity index (χ2v) is 9.59. The normalized spacial score (nSPS) is 12.7. The summed E-state index contributed by atoms with van der Waals surface area (Å²) in [5.41, 5.74) is 2.47. The van der Waals surface area contributed by atoms with Gasteiger partial charge in [-0.2, -0.15) is 9.35 Å². The van der Waals surface area contributed by atoms with Crippen LogP contribution in [0.4, 0.5) is 23.1 Å². The molecule has 0 spiro atoms. The highest BCUT2D eigenvalue weighted by molar-refractivity contribution is 7.92. The molecular weight excluding hydrogens is 362 g/mol. The molecule has 0 fully saturated rings. The van der Waals surface area contributed by atoms with Gasteiger partial charge in [0.05, 0.1) is 18.3 Å². The van der Waals surface area contributed by atoms with Crippen LogP contribution in [-0.2, 0) is 16.1 Å². The van der Waals surface area contributed by atoms with Gasteiger partial charge in [0.1, 0.15) is 5.82 Å². The minimum Gasteiger partial charge on any atom is -0.394 e. The molecule has 148 valence electrons. The van der Waals surface area contributed by atoms with Gasteiger partial charge in [-0.15, -0.1) is 0 Å². The minimum absolute atomic E-state index is 0.0383. The van der Waals surface area contributed by atoms with Gasteiger partial charge in [-0.1, -0.05) is 20.8 Å².